The molecule has 1 amide bonds. The molecule has 36 heavy (non-hydrogen) atoms. The van der Waals surface area contributed by atoms with Gasteiger partial charge >= 0.3 is 12.1 Å². The average molecular weight is 508 g/mol. The molecule has 6 N–H and O–H groups in total. The number of hydrogen-bond donors (Lipinski definition) is 4. The van der Waals surface area contributed by atoms with E-state index < -0.39 is 29.8 Å². The number of fused-ring (bicyclic) bond motifs is 1. The van der Waals surface area contributed by atoms with Crippen LogP contribution in [0.3, 0.4) is 0 Å². The Labute approximate surface area is 207 Å². The predicted octanol–water partition coefficient (Wildman–Crippen LogP) is 3.89. The Kier molecular flexibility index (Phi) is 6.80. The third-order valence-corrected chi connectivity index (χ3v) is 7.44. The van der Waals surface area contributed by atoms with Gasteiger partial charge in [-0.05, 0) is 68.1 Å². The smallest absolute Gasteiger partial charge is 0.435 e. The highest BCUT2D eigenvalue weighted by Crippen LogP contribution is 2.42. The Morgan fingerprint density at radius 2 is 2.00 bits per heavy atom. The fourth-order valence-electron chi connectivity index (χ4n) is 5.48. The first-order chi connectivity index (χ1) is 16.8. The van der Waals surface area contributed by atoms with Crippen LogP contribution in [0.2, 0.25) is 0 Å². The van der Waals surface area contributed by atoms with E-state index in [2.05, 4.69) is 10.4 Å². The molecular formula is C25H32F3N5O3. The van der Waals surface area contributed by atoms with Gasteiger partial charge in [0.25, 0.3) is 5.91 Å². The standard InChI is InChI=1S/C25H32F3N5O3/c1-24(2)9-8-17-19(12-24)33(32-21(17)25(26,27)28)15-6-7-16(22(30)34)18(11-15)31-14-5-3-4-13(10-14)20(29)23(35)36/h6-7,11,13-14,20,31H,3-5,8-10,12,29H2,1-2H3,(H2,30,34)(H,35,36)/t13-,14?,20?/m0/s1. The van der Waals surface area contributed by atoms with Crippen molar-refractivity contribution in [1.82, 2.24) is 9.78 Å². The summed E-state index contributed by atoms with van der Waals surface area (Å²) in [5, 5.41) is 16.6. The van der Waals surface area contributed by atoms with E-state index in [-0.39, 0.29) is 34.9 Å². The molecule has 1 heterocycles. The van der Waals surface area contributed by atoms with Crippen molar-refractivity contribution in [2.24, 2.45) is 22.8 Å². The van der Waals surface area contributed by atoms with Gasteiger partial charge in [-0.1, -0.05) is 20.3 Å². The maximum absolute atomic E-state index is 13.8. The summed E-state index contributed by atoms with van der Waals surface area (Å²) in [6.07, 6.45) is -0.573. The first kappa shape index (κ1) is 26.0. The van der Waals surface area contributed by atoms with Gasteiger partial charge in [0.05, 0.1) is 11.3 Å². The third-order valence-electron chi connectivity index (χ3n) is 7.44. The fourth-order valence-corrected chi connectivity index (χ4v) is 5.48. The van der Waals surface area contributed by atoms with Crippen LogP contribution in [0, 0.1) is 11.3 Å². The molecule has 1 fully saturated rings. The lowest BCUT2D eigenvalue weighted by Gasteiger charge is -2.33. The number of aromatic nitrogens is 2. The van der Waals surface area contributed by atoms with E-state index in [0.717, 1.165) is 12.8 Å². The second-order valence-corrected chi connectivity index (χ2v) is 10.8. The second-order valence-electron chi connectivity index (χ2n) is 10.8. The van der Waals surface area contributed by atoms with Crippen molar-refractivity contribution in [3.63, 3.8) is 0 Å². The van der Waals surface area contributed by atoms with Crippen LogP contribution in [0.25, 0.3) is 5.69 Å². The second kappa shape index (κ2) is 9.42. The van der Waals surface area contributed by atoms with Crippen molar-refractivity contribution in [2.45, 2.75) is 77.1 Å². The third kappa shape index (κ3) is 5.21. The van der Waals surface area contributed by atoms with Crippen molar-refractivity contribution in [2.75, 3.05) is 5.32 Å². The maximum atomic E-state index is 13.8. The molecule has 0 aliphatic heterocycles. The Hall–Kier alpha value is -3.08. The number of halogens is 3. The first-order valence-electron chi connectivity index (χ1n) is 12.1. The van der Waals surface area contributed by atoms with E-state index >= 15 is 0 Å². The lowest BCUT2D eigenvalue weighted by Crippen LogP contribution is -2.42. The number of nitrogens with zero attached hydrogens (tertiary/aromatic N) is 2. The molecule has 196 valence electrons. The molecule has 2 aliphatic rings. The molecule has 3 atom stereocenters. The van der Waals surface area contributed by atoms with Gasteiger partial charge in [0.15, 0.2) is 5.69 Å². The number of primary amides is 1. The number of carbonyl (C=O) groups is 2. The molecule has 0 saturated heterocycles. The van der Waals surface area contributed by atoms with Gasteiger partial charge < -0.3 is 21.9 Å². The summed E-state index contributed by atoms with van der Waals surface area (Å²) in [7, 11) is 0. The van der Waals surface area contributed by atoms with E-state index in [0.29, 0.717) is 42.8 Å². The van der Waals surface area contributed by atoms with Gasteiger partial charge in [-0.2, -0.15) is 18.3 Å². The summed E-state index contributed by atoms with van der Waals surface area (Å²) in [6.45, 7) is 4.04. The number of rotatable bonds is 6. The minimum absolute atomic E-state index is 0.168. The van der Waals surface area contributed by atoms with Gasteiger partial charge in [-0.15, -0.1) is 0 Å². The summed E-state index contributed by atoms with van der Waals surface area (Å²) in [5.74, 6) is -1.98. The number of alkyl halides is 3. The number of nitrogens with one attached hydrogen (secondary N) is 1. The van der Waals surface area contributed by atoms with Crippen molar-refractivity contribution < 1.29 is 27.9 Å². The van der Waals surface area contributed by atoms with E-state index in [1.54, 1.807) is 12.1 Å². The van der Waals surface area contributed by atoms with Crippen LogP contribution in [-0.2, 0) is 23.8 Å². The minimum atomic E-state index is -4.58. The average Bonchev–Trinajstić information content (AvgIpc) is 3.16. The zero-order chi connectivity index (χ0) is 26.4. The lowest BCUT2D eigenvalue weighted by molar-refractivity contribution is -0.142. The molecule has 1 aromatic heterocycles. The molecule has 1 saturated carbocycles. The number of carboxylic acid groups (broad SMARTS) is 1. The van der Waals surface area contributed by atoms with Crippen molar-refractivity contribution >= 4 is 17.6 Å². The van der Waals surface area contributed by atoms with Gasteiger partial charge in [-0.3, -0.25) is 9.59 Å². The van der Waals surface area contributed by atoms with Crippen LogP contribution >= 0.6 is 0 Å². The van der Waals surface area contributed by atoms with E-state index in [9.17, 15) is 27.9 Å². The van der Waals surface area contributed by atoms with E-state index in [1.807, 2.05) is 13.8 Å². The number of aliphatic carboxylic acids is 1. The molecule has 2 aromatic rings. The lowest BCUT2D eigenvalue weighted by atomic mass is 9.76. The largest absolute Gasteiger partial charge is 0.480 e. The minimum Gasteiger partial charge on any atom is -0.480 e. The number of carboxylic acids is 1. The van der Waals surface area contributed by atoms with Gasteiger partial charge in [0.1, 0.15) is 6.04 Å². The van der Waals surface area contributed by atoms with Crippen LogP contribution in [0.5, 0.6) is 0 Å². The number of amides is 1. The highest BCUT2D eigenvalue weighted by molar-refractivity contribution is 5.99. The molecule has 1 aromatic carbocycles. The van der Waals surface area contributed by atoms with Crippen LogP contribution in [-0.4, -0.2) is 38.8 Å². The molecule has 0 bridgehead atoms. The summed E-state index contributed by atoms with van der Waals surface area (Å²) in [6, 6.07) is 3.47. The molecule has 0 radical (unpaired) electrons. The molecule has 8 nitrogen and oxygen atoms in total. The number of carbonyl (C=O) groups excluding carboxylic acids is 1. The van der Waals surface area contributed by atoms with Crippen LogP contribution in [0.1, 0.15) is 73.3 Å². The van der Waals surface area contributed by atoms with E-state index in [1.165, 1.54) is 10.7 Å². The summed E-state index contributed by atoms with van der Waals surface area (Å²) in [4.78, 5) is 23.5. The molecule has 2 aliphatic carbocycles. The maximum Gasteiger partial charge on any atom is 0.435 e. The zero-order valence-electron chi connectivity index (χ0n) is 20.4. The molecule has 11 heteroatoms. The molecule has 4 rings (SSSR count). The highest BCUT2D eigenvalue weighted by Gasteiger charge is 2.42. The highest BCUT2D eigenvalue weighted by atomic mass is 19.4. The SMILES string of the molecule is CC1(C)CCc2c(C(F)(F)F)nn(-c3ccc(C(N)=O)c(NC4CCC[C@H](C(N)C(=O)O)C4)c3)c2C1. The Bertz CT molecular complexity index is 1170. The Morgan fingerprint density at radius 1 is 1.28 bits per heavy atom. The van der Waals surface area contributed by atoms with Gasteiger partial charge in [0, 0.05) is 23.0 Å². The number of hydrogen-bond acceptors (Lipinski definition) is 5. The van der Waals surface area contributed by atoms with Crippen LogP contribution in [0.4, 0.5) is 18.9 Å². The fraction of sp³-hybridized carbons (Fsp3) is 0.560. The van der Waals surface area contributed by atoms with Crippen LogP contribution < -0.4 is 16.8 Å². The summed E-state index contributed by atoms with van der Waals surface area (Å²) >= 11 is 0. The van der Waals surface area contributed by atoms with E-state index in [4.69, 9.17) is 11.5 Å². The number of benzene rings is 1. The monoisotopic (exact) mass is 507 g/mol. The van der Waals surface area contributed by atoms with Crippen LogP contribution in [0.15, 0.2) is 18.2 Å². The van der Waals surface area contributed by atoms with Crippen molar-refractivity contribution in [3.05, 3.63) is 40.7 Å². The summed E-state index contributed by atoms with van der Waals surface area (Å²) in [5.41, 5.74) is 12.1. The van der Waals surface area contributed by atoms with Gasteiger partial charge in [0.2, 0.25) is 0 Å². The Balaban J connectivity index is 1.72. The normalized spacial score (nSPS) is 22.5. The number of anilines is 1. The topological polar surface area (TPSA) is 136 Å². The Morgan fingerprint density at radius 3 is 2.64 bits per heavy atom. The first-order valence-corrected chi connectivity index (χ1v) is 12.1. The molecular weight excluding hydrogens is 475 g/mol. The van der Waals surface area contributed by atoms with Gasteiger partial charge in [-0.25, -0.2) is 4.68 Å². The predicted molar refractivity (Wildman–Crippen MR) is 128 cm³/mol. The molecule has 2 unspecified atom stereocenters. The summed E-state index contributed by atoms with van der Waals surface area (Å²) < 4.78 is 42.8. The number of nitrogens with two attached hydrogens (primary N) is 2. The van der Waals surface area contributed by atoms with Crippen molar-refractivity contribution in [1.29, 1.82) is 0 Å². The quantitative estimate of drug-likeness (QED) is 0.468. The molecule has 0 spiro atoms. The van der Waals surface area contributed by atoms with Crippen molar-refractivity contribution in [3.8, 4) is 5.69 Å². The zero-order valence-corrected chi connectivity index (χ0v) is 20.4.